The van der Waals surface area contributed by atoms with Crippen LogP contribution in [-0.4, -0.2) is 6.04 Å². The molecule has 2 rings (SSSR count). The van der Waals surface area contributed by atoms with E-state index < -0.39 is 0 Å². The largest absolute Gasteiger partial charge is 0.271 e. The number of hydrogen-bond acceptors (Lipinski definition) is 2. The van der Waals surface area contributed by atoms with E-state index in [1.54, 1.807) is 0 Å². The molecule has 3 N–H and O–H groups in total. The van der Waals surface area contributed by atoms with Crippen molar-refractivity contribution in [2.75, 3.05) is 0 Å². The molecule has 1 aliphatic carbocycles. The number of rotatable bonds is 7. The molecule has 0 heterocycles. The van der Waals surface area contributed by atoms with Gasteiger partial charge in [-0.2, -0.15) is 0 Å². The van der Waals surface area contributed by atoms with Crippen molar-refractivity contribution in [3.8, 4) is 0 Å². The van der Waals surface area contributed by atoms with Gasteiger partial charge in [-0.3, -0.25) is 11.3 Å². The van der Waals surface area contributed by atoms with Crippen LogP contribution in [0.2, 0.25) is 0 Å². The fraction of sp³-hybridized carbons (Fsp3) is 0.600. The molecule has 1 aromatic rings. The SMILES string of the molecule is NNC(CCCc1ccccc1)CC1CCC1. The summed E-state index contributed by atoms with van der Waals surface area (Å²) in [4.78, 5) is 0. The Morgan fingerprint density at radius 2 is 2.00 bits per heavy atom. The first-order valence-corrected chi connectivity index (χ1v) is 6.88. The molecular formula is C15H24N2. The minimum absolute atomic E-state index is 0.518. The number of hydrazine groups is 1. The van der Waals surface area contributed by atoms with Crippen molar-refractivity contribution >= 4 is 0 Å². The predicted molar refractivity (Wildman–Crippen MR) is 72.4 cm³/mol. The zero-order valence-electron chi connectivity index (χ0n) is 10.6. The molecule has 1 aliphatic rings. The van der Waals surface area contributed by atoms with Gasteiger partial charge in [0.05, 0.1) is 0 Å². The van der Waals surface area contributed by atoms with Crippen molar-refractivity contribution in [2.24, 2.45) is 11.8 Å². The van der Waals surface area contributed by atoms with E-state index in [4.69, 9.17) is 5.84 Å². The van der Waals surface area contributed by atoms with Gasteiger partial charge in [0.2, 0.25) is 0 Å². The molecule has 1 fully saturated rings. The lowest BCUT2D eigenvalue weighted by Gasteiger charge is -2.29. The Morgan fingerprint density at radius 1 is 1.24 bits per heavy atom. The number of benzene rings is 1. The molecule has 1 aromatic carbocycles. The van der Waals surface area contributed by atoms with Gasteiger partial charge in [-0.15, -0.1) is 0 Å². The molecule has 2 heteroatoms. The zero-order chi connectivity index (χ0) is 11.9. The molecule has 0 aromatic heterocycles. The smallest absolute Gasteiger partial charge is 0.0213 e. The average molecular weight is 232 g/mol. The predicted octanol–water partition coefficient (Wildman–Crippen LogP) is 3.03. The van der Waals surface area contributed by atoms with Gasteiger partial charge in [-0.05, 0) is 37.2 Å². The standard InChI is InChI=1S/C15H24N2/c16-17-15(12-14-9-4-10-14)11-5-8-13-6-2-1-3-7-13/h1-3,6-7,14-15,17H,4-5,8-12,16H2. The van der Waals surface area contributed by atoms with E-state index in [0.29, 0.717) is 6.04 Å². The van der Waals surface area contributed by atoms with Crippen LogP contribution in [0.4, 0.5) is 0 Å². The first-order chi connectivity index (χ1) is 8.38. The summed E-state index contributed by atoms with van der Waals surface area (Å²) in [6.07, 6.45) is 9.11. The molecule has 1 unspecified atom stereocenters. The topological polar surface area (TPSA) is 38.0 Å². The second kappa shape index (κ2) is 6.77. The summed E-state index contributed by atoms with van der Waals surface area (Å²) in [6.45, 7) is 0. The quantitative estimate of drug-likeness (QED) is 0.560. The van der Waals surface area contributed by atoms with Crippen LogP contribution < -0.4 is 11.3 Å². The minimum atomic E-state index is 0.518. The van der Waals surface area contributed by atoms with Crippen LogP contribution in [-0.2, 0) is 6.42 Å². The molecule has 0 saturated heterocycles. The Kier molecular flexibility index (Phi) is 5.02. The van der Waals surface area contributed by atoms with Crippen LogP contribution in [0.3, 0.4) is 0 Å². The van der Waals surface area contributed by atoms with Crippen LogP contribution >= 0.6 is 0 Å². The maximum absolute atomic E-state index is 5.63. The summed E-state index contributed by atoms with van der Waals surface area (Å²) in [5.74, 6) is 6.57. The molecule has 0 amide bonds. The number of nitrogens with one attached hydrogen (secondary N) is 1. The lowest BCUT2D eigenvalue weighted by Crippen LogP contribution is -2.37. The molecule has 0 radical (unpaired) electrons. The monoisotopic (exact) mass is 232 g/mol. The summed E-state index contributed by atoms with van der Waals surface area (Å²) < 4.78 is 0. The highest BCUT2D eigenvalue weighted by atomic mass is 15.2. The van der Waals surface area contributed by atoms with Crippen LogP contribution in [0.15, 0.2) is 30.3 Å². The van der Waals surface area contributed by atoms with E-state index in [1.165, 1.54) is 50.5 Å². The summed E-state index contributed by atoms with van der Waals surface area (Å²) in [7, 11) is 0. The number of hydrogen-bond donors (Lipinski definition) is 2. The van der Waals surface area contributed by atoms with Crippen molar-refractivity contribution in [3.05, 3.63) is 35.9 Å². The minimum Gasteiger partial charge on any atom is -0.271 e. The number of nitrogens with two attached hydrogens (primary N) is 1. The first-order valence-electron chi connectivity index (χ1n) is 6.88. The maximum Gasteiger partial charge on any atom is 0.0213 e. The highest BCUT2D eigenvalue weighted by Crippen LogP contribution is 2.31. The highest BCUT2D eigenvalue weighted by Gasteiger charge is 2.21. The van der Waals surface area contributed by atoms with Gasteiger partial charge in [0, 0.05) is 6.04 Å². The van der Waals surface area contributed by atoms with Crippen LogP contribution in [0.25, 0.3) is 0 Å². The molecule has 94 valence electrons. The van der Waals surface area contributed by atoms with Gasteiger partial charge in [0.15, 0.2) is 0 Å². The van der Waals surface area contributed by atoms with Crippen molar-refractivity contribution in [3.63, 3.8) is 0 Å². The lowest BCUT2D eigenvalue weighted by molar-refractivity contribution is 0.253. The normalized spacial score (nSPS) is 17.7. The third-order valence-corrected chi connectivity index (χ3v) is 3.94. The molecule has 0 bridgehead atoms. The van der Waals surface area contributed by atoms with Crippen molar-refractivity contribution < 1.29 is 0 Å². The van der Waals surface area contributed by atoms with Crippen LogP contribution in [0, 0.1) is 5.92 Å². The molecule has 1 atom stereocenters. The molecule has 0 aliphatic heterocycles. The second-order valence-electron chi connectivity index (χ2n) is 5.27. The molecule has 1 saturated carbocycles. The summed E-state index contributed by atoms with van der Waals surface area (Å²) in [5, 5.41) is 0. The fourth-order valence-electron chi connectivity index (χ4n) is 2.60. The molecule has 0 spiro atoms. The summed E-state index contributed by atoms with van der Waals surface area (Å²) in [6, 6.07) is 11.2. The van der Waals surface area contributed by atoms with Gasteiger partial charge >= 0.3 is 0 Å². The average Bonchev–Trinajstić information content (AvgIpc) is 2.32. The van der Waals surface area contributed by atoms with Gasteiger partial charge < -0.3 is 0 Å². The maximum atomic E-state index is 5.63. The van der Waals surface area contributed by atoms with E-state index in [0.717, 1.165) is 5.92 Å². The highest BCUT2D eigenvalue weighted by molar-refractivity contribution is 5.14. The van der Waals surface area contributed by atoms with Gasteiger partial charge in [-0.1, -0.05) is 49.6 Å². The Labute approximate surface area is 105 Å². The second-order valence-corrected chi connectivity index (χ2v) is 5.27. The number of aryl methyl sites for hydroxylation is 1. The van der Waals surface area contributed by atoms with Crippen molar-refractivity contribution in [2.45, 2.75) is 51.0 Å². The third kappa shape index (κ3) is 4.14. The first kappa shape index (κ1) is 12.6. The summed E-state index contributed by atoms with van der Waals surface area (Å²) in [5.41, 5.74) is 4.42. The summed E-state index contributed by atoms with van der Waals surface area (Å²) >= 11 is 0. The molecular weight excluding hydrogens is 208 g/mol. The van der Waals surface area contributed by atoms with Crippen LogP contribution in [0.5, 0.6) is 0 Å². The van der Waals surface area contributed by atoms with E-state index in [2.05, 4.69) is 35.8 Å². The zero-order valence-corrected chi connectivity index (χ0v) is 10.6. The van der Waals surface area contributed by atoms with E-state index in [9.17, 15) is 0 Å². The van der Waals surface area contributed by atoms with Crippen molar-refractivity contribution in [1.82, 2.24) is 5.43 Å². The Balaban J connectivity index is 1.65. The molecule has 2 nitrogen and oxygen atoms in total. The Bertz CT molecular complexity index is 306. The van der Waals surface area contributed by atoms with Crippen molar-refractivity contribution in [1.29, 1.82) is 0 Å². The lowest BCUT2D eigenvalue weighted by atomic mass is 9.80. The van der Waals surface area contributed by atoms with E-state index in [-0.39, 0.29) is 0 Å². The third-order valence-electron chi connectivity index (χ3n) is 3.94. The van der Waals surface area contributed by atoms with E-state index in [1.807, 2.05) is 0 Å². The van der Waals surface area contributed by atoms with Gasteiger partial charge in [0.1, 0.15) is 0 Å². The van der Waals surface area contributed by atoms with Crippen LogP contribution in [0.1, 0.15) is 44.1 Å². The van der Waals surface area contributed by atoms with E-state index >= 15 is 0 Å². The fourth-order valence-corrected chi connectivity index (χ4v) is 2.60. The molecule has 17 heavy (non-hydrogen) atoms. The van der Waals surface area contributed by atoms with Gasteiger partial charge in [-0.25, -0.2) is 0 Å². The Hall–Kier alpha value is -0.860. The van der Waals surface area contributed by atoms with Gasteiger partial charge in [0.25, 0.3) is 0 Å². The Morgan fingerprint density at radius 3 is 2.59 bits per heavy atom.